The Morgan fingerprint density at radius 3 is 2.31 bits per heavy atom. The molecule has 2 heterocycles. The van der Waals surface area contributed by atoms with Gasteiger partial charge in [0.2, 0.25) is 0 Å². The highest BCUT2D eigenvalue weighted by Crippen LogP contribution is 2.31. The molecular weight excluding hydrogens is 393 g/mol. The first-order valence-electron chi connectivity index (χ1n) is 8.15. The van der Waals surface area contributed by atoms with Gasteiger partial charge in [-0.05, 0) is 36.4 Å². The maximum atomic E-state index is 13.4. The maximum absolute atomic E-state index is 13.4. The van der Waals surface area contributed by atoms with Crippen molar-refractivity contribution >= 4 is 50.8 Å². The number of hydrogen-bond donors (Lipinski definition) is 1. The Bertz CT molecular complexity index is 1010. The van der Waals surface area contributed by atoms with Crippen LogP contribution in [0, 0.1) is 0 Å². The number of rotatable bonds is 3. The summed E-state index contributed by atoms with van der Waals surface area (Å²) in [6.45, 7) is 3.21. The summed E-state index contributed by atoms with van der Waals surface area (Å²) in [5, 5.41) is 4.72. The van der Waals surface area contributed by atoms with Crippen LogP contribution in [0.1, 0.15) is 0 Å². The number of nitrogens with zero attached hydrogens (tertiary/aromatic N) is 2. The van der Waals surface area contributed by atoms with E-state index in [1.165, 1.54) is 3.97 Å². The summed E-state index contributed by atoms with van der Waals surface area (Å²) in [6.07, 6.45) is 0. The van der Waals surface area contributed by atoms with E-state index in [2.05, 4.69) is 10.2 Å². The first-order chi connectivity index (χ1) is 12.1. The average molecular weight is 412 g/mol. The average Bonchev–Trinajstić information content (AvgIpc) is 3.03. The van der Waals surface area contributed by atoms with Crippen LogP contribution < -0.4 is 10.2 Å². The molecule has 1 aliphatic rings. The second kappa shape index (κ2) is 7.48. The minimum absolute atomic E-state index is 0. The SMILES string of the molecule is Cl.O=S(=O)(c1ccc(Cl)cc1)n1c(N2CCNCC2)cc2ccccc21. The number of nitrogens with one attached hydrogen (secondary N) is 1. The number of hydrogen-bond acceptors (Lipinski definition) is 4. The summed E-state index contributed by atoms with van der Waals surface area (Å²) >= 11 is 5.92. The van der Waals surface area contributed by atoms with E-state index in [4.69, 9.17) is 11.6 Å². The zero-order chi connectivity index (χ0) is 17.4. The first-order valence-corrected chi connectivity index (χ1v) is 9.96. The van der Waals surface area contributed by atoms with Gasteiger partial charge in [0.15, 0.2) is 0 Å². The van der Waals surface area contributed by atoms with Gasteiger partial charge in [0, 0.05) is 36.6 Å². The molecule has 1 fully saturated rings. The summed E-state index contributed by atoms with van der Waals surface area (Å²) in [4.78, 5) is 2.35. The zero-order valence-corrected chi connectivity index (χ0v) is 16.3. The smallest absolute Gasteiger partial charge is 0.269 e. The van der Waals surface area contributed by atoms with Gasteiger partial charge in [-0.1, -0.05) is 29.8 Å². The third-order valence-corrected chi connectivity index (χ3v) is 6.43. The predicted octanol–water partition coefficient (Wildman–Crippen LogP) is 3.36. The van der Waals surface area contributed by atoms with Gasteiger partial charge in [-0.3, -0.25) is 0 Å². The Morgan fingerprint density at radius 1 is 0.962 bits per heavy atom. The van der Waals surface area contributed by atoms with Crippen molar-refractivity contribution in [3.05, 3.63) is 59.6 Å². The second-order valence-electron chi connectivity index (χ2n) is 6.02. The van der Waals surface area contributed by atoms with Crippen LogP contribution in [0.15, 0.2) is 59.5 Å². The molecule has 0 saturated carbocycles. The zero-order valence-electron chi connectivity index (χ0n) is 13.9. The Labute approximate surface area is 164 Å². The van der Waals surface area contributed by atoms with Crippen LogP contribution in [0.4, 0.5) is 5.82 Å². The van der Waals surface area contributed by atoms with E-state index in [0.717, 1.165) is 31.6 Å². The molecule has 3 aromatic rings. The lowest BCUT2D eigenvalue weighted by Gasteiger charge is -2.30. The largest absolute Gasteiger partial charge is 0.355 e. The molecule has 0 amide bonds. The van der Waals surface area contributed by atoms with Crippen molar-refractivity contribution in [3.8, 4) is 0 Å². The maximum Gasteiger partial charge on any atom is 0.269 e. The topological polar surface area (TPSA) is 54.3 Å². The van der Waals surface area contributed by atoms with Crippen LogP contribution >= 0.6 is 24.0 Å². The summed E-state index contributed by atoms with van der Waals surface area (Å²) in [7, 11) is -3.72. The van der Waals surface area contributed by atoms with Crippen molar-refractivity contribution in [2.24, 2.45) is 0 Å². The summed E-state index contributed by atoms with van der Waals surface area (Å²) in [5.41, 5.74) is 0.686. The Morgan fingerprint density at radius 2 is 1.62 bits per heavy atom. The molecule has 4 rings (SSSR count). The molecule has 0 aliphatic carbocycles. The number of anilines is 1. The molecule has 0 unspecified atom stereocenters. The van der Waals surface area contributed by atoms with Crippen molar-refractivity contribution in [1.82, 2.24) is 9.29 Å². The number of halogens is 2. The number of fused-ring (bicyclic) bond motifs is 1. The van der Waals surface area contributed by atoms with E-state index in [9.17, 15) is 8.42 Å². The third kappa shape index (κ3) is 3.30. The predicted molar refractivity (Wildman–Crippen MR) is 108 cm³/mol. The molecule has 0 radical (unpaired) electrons. The third-order valence-electron chi connectivity index (χ3n) is 4.44. The fraction of sp³-hybridized carbons (Fsp3) is 0.222. The quantitative estimate of drug-likeness (QED) is 0.717. The number of aromatic nitrogens is 1. The van der Waals surface area contributed by atoms with Crippen molar-refractivity contribution < 1.29 is 8.42 Å². The van der Waals surface area contributed by atoms with Crippen LogP contribution in [0.3, 0.4) is 0 Å². The van der Waals surface area contributed by atoms with Gasteiger partial charge < -0.3 is 10.2 Å². The number of para-hydroxylation sites is 1. The minimum Gasteiger partial charge on any atom is -0.355 e. The van der Waals surface area contributed by atoms with Crippen molar-refractivity contribution in [2.75, 3.05) is 31.1 Å². The van der Waals surface area contributed by atoms with Crippen LogP contribution in [0.2, 0.25) is 5.02 Å². The Balaban J connectivity index is 0.00000196. The highest BCUT2D eigenvalue weighted by Gasteiger charge is 2.26. The molecule has 1 N–H and O–H groups in total. The van der Waals surface area contributed by atoms with Gasteiger partial charge in [0.05, 0.1) is 10.4 Å². The molecule has 1 aliphatic heterocycles. The fourth-order valence-corrected chi connectivity index (χ4v) is 4.85. The molecule has 2 aromatic carbocycles. The van der Waals surface area contributed by atoms with E-state index < -0.39 is 10.0 Å². The highest BCUT2D eigenvalue weighted by atomic mass is 35.5. The molecule has 26 heavy (non-hydrogen) atoms. The molecular formula is C18H19Cl2N3O2S. The molecule has 5 nitrogen and oxygen atoms in total. The monoisotopic (exact) mass is 411 g/mol. The lowest BCUT2D eigenvalue weighted by molar-refractivity contribution is 0.573. The van der Waals surface area contributed by atoms with Crippen LogP contribution in [-0.2, 0) is 10.0 Å². The lowest BCUT2D eigenvalue weighted by atomic mass is 10.2. The van der Waals surface area contributed by atoms with Gasteiger partial charge in [0.25, 0.3) is 10.0 Å². The minimum atomic E-state index is -3.72. The van der Waals surface area contributed by atoms with Crippen molar-refractivity contribution in [2.45, 2.75) is 4.90 Å². The molecule has 8 heteroatoms. The number of benzene rings is 2. The molecule has 138 valence electrons. The molecule has 0 atom stereocenters. The van der Waals surface area contributed by atoms with Crippen LogP contribution in [0.5, 0.6) is 0 Å². The van der Waals surface area contributed by atoms with E-state index in [1.54, 1.807) is 24.3 Å². The number of piperazine rings is 1. The summed E-state index contributed by atoms with van der Waals surface area (Å²) in [6, 6.07) is 15.8. The van der Waals surface area contributed by atoms with Gasteiger partial charge >= 0.3 is 0 Å². The van der Waals surface area contributed by atoms with Crippen LogP contribution in [0.25, 0.3) is 10.9 Å². The van der Waals surface area contributed by atoms with E-state index in [1.807, 2.05) is 30.3 Å². The summed E-state index contributed by atoms with van der Waals surface area (Å²) < 4.78 is 28.2. The second-order valence-corrected chi connectivity index (χ2v) is 8.24. The molecule has 1 aromatic heterocycles. The molecule has 0 spiro atoms. The molecule has 0 bridgehead atoms. The summed E-state index contributed by atoms with van der Waals surface area (Å²) in [5.74, 6) is 0.706. The Hall–Kier alpha value is -1.73. The van der Waals surface area contributed by atoms with Gasteiger partial charge in [0.1, 0.15) is 5.82 Å². The lowest BCUT2D eigenvalue weighted by Crippen LogP contribution is -2.44. The van der Waals surface area contributed by atoms with E-state index in [0.29, 0.717) is 16.4 Å². The van der Waals surface area contributed by atoms with E-state index in [-0.39, 0.29) is 17.3 Å². The molecule has 1 saturated heterocycles. The Kier molecular flexibility index (Phi) is 5.48. The first kappa shape index (κ1) is 19.0. The van der Waals surface area contributed by atoms with Crippen LogP contribution in [-0.4, -0.2) is 38.6 Å². The van der Waals surface area contributed by atoms with Crippen molar-refractivity contribution in [1.29, 1.82) is 0 Å². The standard InChI is InChI=1S/C18H18ClN3O2S.ClH/c19-15-5-7-16(8-6-15)25(23,24)22-17-4-2-1-3-14(17)13-18(22)21-11-9-20-10-12-21;/h1-8,13,20H,9-12H2;1H. The highest BCUT2D eigenvalue weighted by molar-refractivity contribution is 7.90. The normalized spacial score (nSPS) is 15.0. The fourth-order valence-electron chi connectivity index (χ4n) is 3.19. The van der Waals surface area contributed by atoms with Crippen molar-refractivity contribution in [3.63, 3.8) is 0 Å². The van der Waals surface area contributed by atoms with Gasteiger partial charge in [-0.25, -0.2) is 12.4 Å². The van der Waals surface area contributed by atoms with E-state index >= 15 is 0 Å². The van der Waals surface area contributed by atoms with Gasteiger partial charge in [-0.15, -0.1) is 12.4 Å². The van der Waals surface area contributed by atoms with Gasteiger partial charge in [-0.2, -0.15) is 0 Å².